The fraction of sp³-hybridized carbons (Fsp3) is 1.00. The zero-order chi connectivity index (χ0) is 18.3. The molecule has 0 saturated carbocycles. The van der Waals surface area contributed by atoms with Gasteiger partial charge in [0.2, 0.25) is 0 Å². The van der Waals surface area contributed by atoms with E-state index in [2.05, 4.69) is 83.1 Å². The molecule has 6 heterocycles. The predicted molar refractivity (Wildman–Crippen MR) is 118 cm³/mol. The van der Waals surface area contributed by atoms with E-state index in [-0.39, 0.29) is 31.7 Å². The Kier molecular flexibility index (Phi) is 2.71. The van der Waals surface area contributed by atoms with Crippen molar-refractivity contribution in [2.45, 2.75) is 102 Å². The molecular weight excluding hydrogens is 364 g/mol. The highest BCUT2D eigenvalue weighted by Gasteiger charge is 3.30. The third-order valence-electron chi connectivity index (χ3n) is 8.07. The van der Waals surface area contributed by atoms with Crippen molar-refractivity contribution in [3.8, 4) is 0 Å². The molecule has 0 aromatic carbocycles. The van der Waals surface area contributed by atoms with E-state index in [9.17, 15) is 0 Å². The summed E-state index contributed by atoms with van der Waals surface area (Å²) in [6.45, 7) is 31.6. The van der Waals surface area contributed by atoms with Gasteiger partial charge in [-0.2, -0.15) is 0 Å². The first-order valence-corrected chi connectivity index (χ1v) is 15.3. The topological polar surface area (TPSA) is 0 Å². The van der Waals surface area contributed by atoms with Crippen LogP contribution in [-0.2, 0) is 0 Å². The minimum Gasteiger partial charge on any atom is -0.0586 e. The quantitative estimate of drug-likeness (QED) is 0.357. The van der Waals surface area contributed by atoms with Crippen LogP contribution in [0, 0.1) is 21.7 Å². The Labute approximate surface area is 155 Å². The molecular formula is C20H37P4+. The Morgan fingerprint density at radius 3 is 0.875 bits per heavy atom. The molecule has 4 heteroatoms. The average molecular weight is 401 g/mol. The highest BCUT2D eigenvalue weighted by Crippen LogP contribution is 3.55. The maximum absolute atomic E-state index is 2.63. The van der Waals surface area contributed by atoms with Gasteiger partial charge in [0, 0.05) is 47.9 Å². The molecule has 136 valence electrons. The van der Waals surface area contributed by atoms with Gasteiger partial charge in [-0.05, 0) is 5.41 Å². The Hall–Kier alpha value is 1.72. The Morgan fingerprint density at radius 1 is 0.458 bits per heavy atom. The van der Waals surface area contributed by atoms with Gasteiger partial charge in [0.25, 0.3) is 0 Å². The molecule has 6 aliphatic rings. The number of hydrogen-bond acceptors (Lipinski definition) is 0. The van der Waals surface area contributed by atoms with Gasteiger partial charge in [-0.25, -0.2) is 0 Å². The molecule has 0 amide bonds. The maximum Gasteiger partial charge on any atom is 0.131 e. The van der Waals surface area contributed by atoms with E-state index in [0.717, 1.165) is 18.6 Å². The molecule has 6 saturated heterocycles. The lowest BCUT2D eigenvalue weighted by atomic mass is 9.95. The standard InChI is InChI=1S/C20H36P4/c1-13(2,3)17-21-18(14(4,5)6)22(17)20(16(10,11)12)23(17)19(21,24(18)20)15(7,8)9/h1-12H3/p+1. The second-order valence-corrected chi connectivity index (χ2v) is 28.7. The van der Waals surface area contributed by atoms with Crippen LogP contribution in [-0.4, -0.2) is 18.6 Å². The molecule has 0 nitrogen and oxygen atoms in total. The van der Waals surface area contributed by atoms with E-state index < -0.39 is 0 Å². The molecule has 0 spiro atoms. The molecule has 6 rings (SSSR count). The second-order valence-electron chi connectivity index (χ2n) is 13.0. The van der Waals surface area contributed by atoms with Crippen LogP contribution in [0.3, 0.4) is 0 Å². The van der Waals surface area contributed by atoms with Crippen molar-refractivity contribution in [1.82, 2.24) is 0 Å². The van der Waals surface area contributed by atoms with Crippen LogP contribution in [0.2, 0.25) is 0 Å². The van der Waals surface area contributed by atoms with Gasteiger partial charge in [-0.3, -0.25) is 0 Å². The number of hydrogen-bond donors (Lipinski definition) is 0. The van der Waals surface area contributed by atoms with Crippen LogP contribution in [0.5, 0.6) is 0 Å². The highest BCUT2D eigenvalue weighted by atomic mass is 31.4. The first-order valence-electron chi connectivity index (χ1n) is 9.76. The van der Waals surface area contributed by atoms with Crippen LogP contribution < -0.4 is 0 Å². The fourth-order valence-corrected chi connectivity index (χ4v) is 60.0. The second kappa shape index (κ2) is 3.65. The lowest BCUT2D eigenvalue weighted by Gasteiger charge is -3.16. The van der Waals surface area contributed by atoms with Crippen LogP contribution in [0.25, 0.3) is 0 Å². The summed E-state index contributed by atoms with van der Waals surface area (Å²) in [6, 6.07) is 0. The van der Waals surface area contributed by atoms with E-state index in [1.54, 1.807) is 0 Å². The minimum atomic E-state index is -0.201. The van der Waals surface area contributed by atoms with E-state index in [1.807, 2.05) is 0 Å². The lowest BCUT2D eigenvalue weighted by Crippen LogP contribution is -3.01. The molecule has 0 N–H and O–H groups in total. The van der Waals surface area contributed by atoms with Crippen molar-refractivity contribution in [2.24, 2.45) is 21.7 Å². The molecule has 0 bridgehead atoms. The molecule has 6 fully saturated rings. The largest absolute Gasteiger partial charge is 0.131 e. The van der Waals surface area contributed by atoms with Crippen molar-refractivity contribution in [3.05, 3.63) is 0 Å². The van der Waals surface area contributed by atoms with Crippen molar-refractivity contribution < 1.29 is 0 Å². The predicted octanol–water partition coefficient (Wildman–Crippen LogP) is 8.51. The Morgan fingerprint density at radius 2 is 0.708 bits per heavy atom. The smallest absolute Gasteiger partial charge is 0.0586 e. The minimum absolute atomic E-state index is 0.201. The first kappa shape index (κ1) is 17.8. The van der Waals surface area contributed by atoms with Gasteiger partial charge in [-0.15, -0.1) is 0 Å². The molecule has 0 atom stereocenters. The van der Waals surface area contributed by atoms with Gasteiger partial charge >= 0.3 is 0 Å². The first-order chi connectivity index (χ1) is 10.5. The third-order valence-corrected chi connectivity index (χ3v) is 39.4. The van der Waals surface area contributed by atoms with Crippen LogP contribution in [0.15, 0.2) is 0 Å². The summed E-state index contributed by atoms with van der Waals surface area (Å²) in [5.74, 6) is 0. The molecule has 0 aromatic heterocycles. The average Bonchev–Trinajstić information content (AvgIpc) is 2.32. The van der Waals surface area contributed by atoms with E-state index in [0.29, 0.717) is 21.7 Å². The van der Waals surface area contributed by atoms with Crippen molar-refractivity contribution >= 4 is 31.7 Å². The Bertz CT molecular complexity index is 509. The Balaban J connectivity index is 1.76. The monoisotopic (exact) mass is 401 g/mol. The highest BCUT2D eigenvalue weighted by molar-refractivity contribution is 8.53. The van der Waals surface area contributed by atoms with Gasteiger partial charge in [0.05, 0.1) is 4.64 Å². The van der Waals surface area contributed by atoms with E-state index in [4.69, 9.17) is 0 Å². The zero-order valence-electron chi connectivity index (χ0n) is 17.8. The van der Waals surface area contributed by atoms with Gasteiger partial charge in [0.1, 0.15) is 13.9 Å². The summed E-state index contributed by atoms with van der Waals surface area (Å²) in [5, 5.41) is 0. The molecule has 0 unspecified atom stereocenters. The summed E-state index contributed by atoms with van der Waals surface area (Å²) < 4.78 is 3.61. The summed E-state index contributed by atoms with van der Waals surface area (Å²) >= 11 is 0. The van der Waals surface area contributed by atoms with Crippen molar-refractivity contribution in [3.63, 3.8) is 0 Å². The van der Waals surface area contributed by atoms with Crippen LogP contribution >= 0.6 is 31.7 Å². The fourth-order valence-electron chi connectivity index (χ4n) is 7.91. The van der Waals surface area contributed by atoms with Gasteiger partial charge < -0.3 is 0 Å². The van der Waals surface area contributed by atoms with Crippen molar-refractivity contribution in [2.75, 3.05) is 0 Å². The van der Waals surface area contributed by atoms with Gasteiger partial charge in [-0.1, -0.05) is 83.1 Å². The SMILES string of the molecule is CC(C)(C)C12P3C4(C(C)(C)C)P1C1(C(C)(C)C)P2C3(C(C)(C)C)[PH+]41. The zero-order valence-corrected chi connectivity index (χ0v) is 21.5. The summed E-state index contributed by atoms with van der Waals surface area (Å²) in [5.41, 5.74) is 2.32. The van der Waals surface area contributed by atoms with Crippen LogP contribution in [0.1, 0.15) is 83.1 Å². The third kappa shape index (κ3) is 1.02. The van der Waals surface area contributed by atoms with E-state index in [1.165, 1.54) is 0 Å². The summed E-state index contributed by atoms with van der Waals surface area (Å²) in [6.07, 6.45) is 0. The van der Waals surface area contributed by atoms with E-state index >= 15 is 0 Å². The summed E-state index contributed by atoms with van der Waals surface area (Å²) in [4.78, 5) is 0. The van der Waals surface area contributed by atoms with Crippen LogP contribution in [0.4, 0.5) is 0 Å². The molecule has 24 heavy (non-hydrogen) atoms. The van der Waals surface area contributed by atoms with Crippen molar-refractivity contribution in [1.29, 1.82) is 0 Å². The lowest BCUT2D eigenvalue weighted by molar-refractivity contribution is 0.240. The maximum atomic E-state index is 2.63. The normalized spacial score (nSPS) is 59.5. The summed E-state index contributed by atoms with van der Waals surface area (Å²) in [7, 11) is 0.650. The number of rotatable bonds is 0. The molecule has 0 radical (unpaired) electrons. The molecule has 0 aromatic rings. The molecule has 6 aliphatic heterocycles. The molecule has 0 aliphatic carbocycles. The van der Waals surface area contributed by atoms with Gasteiger partial charge in [0.15, 0.2) is 0 Å².